The fourth-order valence-corrected chi connectivity index (χ4v) is 2.52. The Bertz CT molecular complexity index is 848. The summed E-state index contributed by atoms with van der Waals surface area (Å²) in [6, 6.07) is 13.2. The second-order valence-electron chi connectivity index (χ2n) is 6.35. The van der Waals surface area contributed by atoms with Crippen molar-refractivity contribution in [2.45, 2.75) is 19.9 Å². The van der Waals surface area contributed by atoms with Crippen LogP contribution in [0, 0.1) is 0 Å². The predicted octanol–water partition coefficient (Wildman–Crippen LogP) is 2.73. The number of carbonyl (C=O) groups excluding carboxylic acids is 2. The van der Waals surface area contributed by atoms with E-state index in [1.54, 1.807) is 60.5 Å². The van der Waals surface area contributed by atoms with Crippen molar-refractivity contribution in [1.82, 2.24) is 10.2 Å². The first-order valence-electron chi connectivity index (χ1n) is 8.92. The molecule has 0 bridgehead atoms. The molecule has 0 saturated carbocycles. The van der Waals surface area contributed by atoms with Crippen molar-refractivity contribution in [3.63, 3.8) is 0 Å². The van der Waals surface area contributed by atoms with E-state index in [2.05, 4.69) is 5.32 Å². The van der Waals surface area contributed by atoms with Gasteiger partial charge in [0.1, 0.15) is 5.75 Å². The van der Waals surface area contributed by atoms with Gasteiger partial charge in [0, 0.05) is 24.7 Å². The second kappa shape index (κ2) is 9.55. The molecule has 2 N–H and O–H groups in total. The highest BCUT2D eigenvalue weighted by Crippen LogP contribution is 2.18. The third kappa shape index (κ3) is 5.57. The van der Waals surface area contributed by atoms with E-state index in [9.17, 15) is 14.4 Å². The van der Waals surface area contributed by atoms with Crippen molar-refractivity contribution in [2.24, 2.45) is 0 Å². The van der Waals surface area contributed by atoms with Gasteiger partial charge in [-0.2, -0.15) is 0 Å². The van der Waals surface area contributed by atoms with Crippen LogP contribution in [0.3, 0.4) is 0 Å². The van der Waals surface area contributed by atoms with Crippen LogP contribution in [0.4, 0.5) is 0 Å². The fourth-order valence-electron chi connectivity index (χ4n) is 2.52. The van der Waals surface area contributed by atoms with Crippen LogP contribution >= 0.6 is 0 Å². The number of aliphatic carboxylic acids is 1. The van der Waals surface area contributed by atoms with Crippen molar-refractivity contribution in [3.8, 4) is 5.75 Å². The highest BCUT2D eigenvalue weighted by Gasteiger charge is 2.15. The molecule has 0 fully saturated rings. The van der Waals surface area contributed by atoms with E-state index in [0.29, 0.717) is 23.4 Å². The standard InChI is InChI=1S/C21H24N2O5/c1-4-23(3)21(27)17-7-5-6-16(12-17)20(26)22-14(2)15-8-10-18(11-9-15)28-13-19(24)25/h5-12,14H,4,13H2,1-3H3,(H,22,26)(H,24,25). The molecular formula is C21H24N2O5. The number of carboxylic acid groups (broad SMARTS) is 1. The molecule has 2 aromatic rings. The van der Waals surface area contributed by atoms with Crippen molar-refractivity contribution in [2.75, 3.05) is 20.2 Å². The lowest BCUT2D eigenvalue weighted by atomic mass is 10.1. The maximum absolute atomic E-state index is 12.6. The van der Waals surface area contributed by atoms with E-state index in [4.69, 9.17) is 9.84 Å². The smallest absolute Gasteiger partial charge is 0.341 e. The summed E-state index contributed by atoms with van der Waals surface area (Å²) in [7, 11) is 1.71. The minimum absolute atomic E-state index is 0.137. The largest absolute Gasteiger partial charge is 0.482 e. The van der Waals surface area contributed by atoms with Gasteiger partial charge in [-0.15, -0.1) is 0 Å². The number of carbonyl (C=O) groups is 3. The molecule has 0 radical (unpaired) electrons. The number of nitrogens with zero attached hydrogens (tertiary/aromatic N) is 1. The molecule has 0 heterocycles. The molecule has 0 spiro atoms. The Balaban J connectivity index is 2.04. The highest BCUT2D eigenvalue weighted by atomic mass is 16.5. The average Bonchev–Trinajstić information content (AvgIpc) is 2.71. The number of hydrogen-bond donors (Lipinski definition) is 2. The van der Waals surface area contributed by atoms with Crippen LogP contribution in [0.1, 0.15) is 46.2 Å². The molecule has 1 atom stereocenters. The average molecular weight is 384 g/mol. The summed E-state index contributed by atoms with van der Waals surface area (Å²) in [6.45, 7) is 3.89. The molecule has 7 nitrogen and oxygen atoms in total. The number of rotatable bonds is 8. The molecule has 0 aliphatic heterocycles. The van der Waals surface area contributed by atoms with E-state index in [1.807, 2.05) is 13.8 Å². The zero-order valence-electron chi connectivity index (χ0n) is 16.1. The summed E-state index contributed by atoms with van der Waals surface area (Å²) < 4.78 is 5.09. The SMILES string of the molecule is CCN(C)C(=O)c1cccc(C(=O)NC(C)c2ccc(OCC(=O)O)cc2)c1. The highest BCUT2D eigenvalue weighted by molar-refractivity contribution is 5.99. The van der Waals surface area contributed by atoms with Gasteiger partial charge >= 0.3 is 5.97 Å². The van der Waals surface area contributed by atoms with E-state index in [-0.39, 0.29) is 17.9 Å². The Kier molecular flexibility index (Phi) is 7.14. The molecule has 0 aliphatic rings. The van der Waals surface area contributed by atoms with Crippen molar-refractivity contribution < 1.29 is 24.2 Å². The molecule has 2 aromatic carbocycles. The second-order valence-corrected chi connectivity index (χ2v) is 6.35. The molecule has 7 heteroatoms. The van der Waals surface area contributed by atoms with E-state index >= 15 is 0 Å². The van der Waals surface area contributed by atoms with Gasteiger partial charge in [0.25, 0.3) is 11.8 Å². The lowest BCUT2D eigenvalue weighted by Gasteiger charge is -2.17. The number of hydrogen-bond acceptors (Lipinski definition) is 4. The summed E-state index contributed by atoms with van der Waals surface area (Å²) >= 11 is 0. The lowest BCUT2D eigenvalue weighted by molar-refractivity contribution is -0.139. The Hall–Kier alpha value is -3.35. The summed E-state index contributed by atoms with van der Waals surface area (Å²) in [5, 5.41) is 11.5. The van der Waals surface area contributed by atoms with E-state index in [0.717, 1.165) is 5.56 Å². The van der Waals surface area contributed by atoms with Gasteiger partial charge in [0.05, 0.1) is 6.04 Å². The monoisotopic (exact) mass is 384 g/mol. The van der Waals surface area contributed by atoms with Crippen LogP contribution in [-0.2, 0) is 4.79 Å². The molecule has 1 unspecified atom stereocenters. The Morgan fingerprint density at radius 3 is 2.36 bits per heavy atom. The molecule has 148 valence electrons. The quantitative estimate of drug-likeness (QED) is 0.730. The molecule has 28 heavy (non-hydrogen) atoms. The van der Waals surface area contributed by atoms with Crippen LogP contribution in [0.2, 0.25) is 0 Å². The van der Waals surface area contributed by atoms with Crippen LogP contribution < -0.4 is 10.1 Å². The Morgan fingerprint density at radius 1 is 1.11 bits per heavy atom. The van der Waals surface area contributed by atoms with Gasteiger partial charge in [-0.05, 0) is 49.7 Å². The predicted molar refractivity (Wildman–Crippen MR) is 105 cm³/mol. The van der Waals surface area contributed by atoms with E-state index in [1.165, 1.54) is 0 Å². The Labute approximate surface area is 163 Å². The molecule has 0 saturated heterocycles. The number of nitrogens with one attached hydrogen (secondary N) is 1. The zero-order chi connectivity index (χ0) is 20.7. The lowest BCUT2D eigenvalue weighted by Crippen LogP contribution is -2.28. The summed E-state index contributed by atoms with van der Waals surface area (Å²) in [5.74, 6) is -1.03. The van der Waals surface area contributed by atoms with Gasteiger partial charge in [-0.25, -0.2) is 4.79 Å². The van der Waals surface area contributed by atoms with E-state index < -0.39 is 12.6 Å². The number of benzene rings is 2. The Morgan fingerprint density at radius 2 is 1.75 bits per heavy atom. The normalized spacial score (nSPS) is 11.4. The minimum atomic E-state index is -1.05. The van der Waals surface area contributed by atoms with Gasteiger partial charge in [-0.1, -0.05) is 18.2 Å². The van der Waals surface area contributed by atoms with Gasteiger partial charge in [0.2, 0.25) is 0 Å². The molecular weight excluding hydrogens is 360 g/mol. The van der Waals surface area contributed by atoms with Gasteiger partial charge in [0.15, 0.2) is 6.61 Å². The van der Waals surface area contributed by atoms with Gasteiger partial charge < -0.3 is 20.1 Å². The van der Waals surface area contributed by atoms with Crippen molar-refractivity contribution >= 4 is 17.8 Å². The maximum atomic E-state index is 12.6. The molecule has 0 aliphatic carbocycles. The van der Waals surface area contributed by atoms with Crippen LogP contribution in [0.15, 0.2) is 48.5 Å². The summed E-state index contributed by atoms with van der Waals surface area (Å²) in [6.07, 6.45) is 0. The molecule has 2 amide bonds. The van der Waals surface area contributed by atoms with Gasteiger partial charge in [-0.3, -0.25) is 9.59 Å². The van der Waals surface area contributed by atoms with Crippen LogP contribution in [0.5, 0.6) is 5.75 Å². The topological polar surface area (TPSA) is 95.9 Å². The number of carboxylic acids is 1. The van der Waals surface area contributed by atoms with Crippen LogP contribution in [-0.4, -0.2) is 48.0 Å². The maximum Gasteiger partial charge on any atom is 0.341 e. The summed E-state index contributed by atoms with van der Waals surface area (Å²) in [5.41, 5.74) is 1.71. The molecule has 2 rings (SSSR count). The molecule has 0 aromatic heterocycles. The zero-order valence-corrected chi connectivity index (χ0v) is 16.1. The van der Waals surface area contributed by atoms with Crippen molar-refractivity contribution in [1.29, 1.82) is 0 Å². The first kappa shape index (κ1) is 21.0. The summed E-state index contributed by atoms with van der Waals surface area (Å²) in [4.78, 5) is 36.9. The third-order valence-electron chi connectivity index (χ3n) is 4.28. The fraction of sp³-hybridized carbons (Fsp3) is 0.286. The minimum Gasteiger partial charge on any atom is -0.482 e. The number of amides is 2. The third-order valence-corrected chi connectivity index (χ3v) is 4.28. The first-order chi connectivity index (χ1) is 13.3. The first-order valence-corrected chi connectivity index (χ1v) is 8.92. The number of ether oxygens (including phenoxy) is 1. The van der Waals surface area contributed by atoms with Crippen molar-refractivity contribution in [3.05, 3.63) is 65.2 Å². The van der Waals surface area contributed by atoms with Crippen LogP contribution in [0.25, 0.3) is 0 Å².